The van der Waals surface area contributed by atoms with Crippen LogP contribution in [0.1, 0.15) is 58.4 Å². The van der Waals surface area contributed by atoms with Gasteiger partial charge in [-0.05, 0) is 37.1 Å². The van der Waals surface area contributed by atoms with Crippen LogP contribution >= 0.6 is 11.3 Å². The van der Waals surface area contributed by atoms with Gasteiger partial charge in [-0.1, -0.05) is 33.8 Å². The predicted octanol–water partition coefficient (Wildman–Crippen LogP) is 4.55. The van der Waals surface area contributed by atoms with E-state index in [9.17, 15) is 0 Å². The molecule has 0 amide bonds. The summed E-state index contributed by atoms with van der Waals surface area (Å²) in [6, 6.07) is 5.55. The molecule has 3 heteroatoms. The smallest absolute Gasteiger partial charge is 0.0386 e. The van der Waals surface area contributed by atoms with Gasteiger partial charge in [-0.25, -0.2) is 0 Å². The van der Waals surface area contributed by atoms with Gasteiger partial charge in [-0.3, -0.25) is 4.90 Å². The van der Waals surface area contributed by atoms with Crippen LogP contribution in [0, 0.1) is 5.92 Å². The average Bonchev–Trinajstić information content (AvgIpc) is 2.93. The summed E-state index contributed by atoms with van der Waals surface area (Å²) in [6.07, 6.45) is 2.51. The Balaban J connectivity index is 2.41. The largest absolute Gasteiger partial charge is 0.308 e. The van der Waals surface area contributed by atoms with Gasteiger partial charge in [0.2, 0.25) is 0 Å². The van der Waals surface area contributed by atoms with Gasteiger partial charge in [0.15, 0.2) is 0 Å². The Labute approximate surface area is 129 Å². The summed E-state index contributed by atoms with van der Waals surface area (Å²) >= 11 is 1.84. The molecule has 0 aliphatic rings. The van der Waals surface area contributed by atoms with Crippen molar-refractivity contribution in [2.45, 2.75) is 59.5 Å². The highest BCUT2D eigenvalue weighted by Gasteiger charge is 2.16. The summed E-state index contributed by atoms with van der Waals surface area (Å²) in [6.45, 7) is 14.9. The van der Waals surface area contributed by atoms with Gasteiger partial charge >= 0.3 is 0 Å². The maximum absolute atomic E-state index is 3.66. The van der Waals surface area contributed by atoms with Crippen molar-refractivity contribution in [3.8, 4) is 0 Å². The molecule has 0 bridgehead atoms. The van der Waals surface area contributed by atoms with E-state index in [-0.39, 0.29) is 0 Å². The van der Waals surface area contributed by atoms with Crippen molar-refractivity contribution in [2.75, 3.05) is 19.6 Å². The van der Waals surface area contributed by atoms with E-state index in [0.717, 1.165) is 25.0 Å². The lowest BCUT2D eigenvalue weighted by Gasteiger charge is -2.32. The molecule has 20 heavy (non-hydrogen) atoms. The Hall–Kier alpha value is -0.380. The molecule has 1 atom stereocenters. The Morgan fingerprint density at radius 1 is 1.20 bits per heavy atom. The van der Waals surface area contributed by atoms with Crippen molar-refractivity contribution in [2.24, 2.45) is 5.92 Å². The molecule has 1 rings (SSSR count). The first-order valence-electron chi connectivity index (χ1n) is 8.09. The molecule has 1 aromatic heterocycles. The highest BCUT2D eigenvalue weighted by molar-refractivity contribution is 7.10. The summed E-state index contributed by atoms with van der Waals surface area (Å²) in [5.41, 5.74) is 0. The molecule has 0 aliphatic carbocycles. The third-order valence-corrected chi connectivity index (χ3v) is 4.93. The van der Waals surface area contributed by atoms with Crippen molar-refractivity contribution in [3.05, 3.63) is 22.4 Å². The lowest BCUT2D eigenvalue weighted by atomic mass is 10.1. The summed E-state index contributed by atoms with van der Waals surface area (Å²) in [5, 5.41) is 5.82. The van der Waals surface area contributed by atoms with Gasteiger partial charge in [-0.2, -0.15) is 0 Å². The maximum Gasteiger partial charge on any atom is 0.0386 e. The lowest BCUT2D eigenvalue weighted by molar-refractivity contribution is 0.165. The van der Waals surface area contributed by atoms with Crippen LogP contribution in [0.5, 0.6) is 0 Å². The van der Waals surface area contributed by atoms with Gasteiger partial charge in [0.05, 0.1) is 0 Å². The van der Waals surface area contributed by atoms with Crippen molar-refractivity contribution >= 4 is 11.3 Å². The molecular weight excluding hydrogens is 264 g/mol. The summed E-state index contributed by atoms with van der Waals surface area (Å²) < 4.78 is 0. The Morgan fingerprint density at radius 2 is 1.90 bits per heavy atom. The molecule has 1 unspecified atom stereocenters. The maximum atomic E-state index is 3.66. The molecule has 0 aromatic carbocycles. The average molecular weight is 297 g/mol. The van der Waals surface area contributed by atoms with Crippen molar-refractivity contribution in [1.82, 2.24) is 10.2 Å². The van der Waals surface area contributed by atoms with E-state index in [1.165, 1.54) is 24.3 Å². The monoisotopic (exact) mass is 296 g/mol. The second-order valence-corrected chi connectivity index (χ2v) is 7.03. The SMILES string of the molecule is CCC(CC)N(CCNC(C)c1cccs1)CC(C)C. The fourth-order valence-corrected chi connectivity index (χ4v) is 3.52. The second-order valence-electron chi connectivity index (χ2n) is 6.05. The van der Waals surface area contributed by atoms with Gasteiger partial charge in [0.1, 0.15) is 0 Å². The standard InChI is InChI=1S/C17H32N2S/c1-6-16(7-2)19(13-14(3)4)11-10-18-15(5)17-9-8-12-20-17/h8-9,12,14-16,18H,6-7,10-11,13H2,1-5H3. The van der Waals surface area contributed by atoms with Crippen LogP contribution < -0.4 is 5.32 Å². The van der Waals surface area contributed by atoms with E-state index in [2.05, 4.69) is 62.3 Å². The minimum Gasteiger partial charge on any atom is -0.308 e. The molecule has 0 aliphatic heterocycles. The number of rotatable bonds is 10. The summed E-state index contributed by atoms with van der Waals surface area (Å²) in [4.78, 5) is 4.10. The van der Waals surface area contributed by atoms with E-state index in [1.54, 1.807) is 0 Å². The normalized spacial score (nSPS) is 13.6. The van der Waals surface area contributed by atoms with Gasteiger partial charge in [0.25, 0.3) is 0 Å². The third-order valence-electron chi connectivity index (χ3n) is 3.88. The van der Waals surface area contributed by atoms with Gasteiger partial charge in [-0.15, -0.1) is 11.3 Å². The zero-order valence-corrected chi connectivity index (χ0v) is 14.7. The van der Waals surface area contributed by atoms with Crippen LogP contribution in [0.25, 0.3) is 0 Å². The van der Waals surface area contributed by atoms with Gasteiger partial charge < -0.3 is 5.32 Å². The zero-order valence-electron chi connectivity index (χ0n) is 13.9. The molecule has 1 heterocycles. The first kappa shape index (κ1) is 17.7. The fraction of sp³-hybridized carbons (Fsp3) is 0.765. The lowest BCUT2D eigenvalue weighted by Crippen LogP contribution is -2.41. The Bertz CT molecular complexity index is 331. The topological polar surface area (TPSA) is 15.3 Å². The van der Waals surface area contributed by atoms with E-state index in [0.29, 0.717) is 6.04 Å². The molecule has 0 fully saturated rings. The quantitative estimate of drug-likeness (QED) is 0.681. The highest BCUT2D eigenvalue weighted by Crippen LogP contribution is 2.18. The van der Waals surface area contributed by atoms with E-state index >= 15 is 0 Å². The number of hydrogen-bond acceptors (Lipinski definition) is 3. The molecule has 0 spiro atoms. The minimum atomic E-state index is 0.470. The number of thiophene rings is 1. The molecule has 2 nitrogen and oxygen atoms in total. The predicted molar refractivity (Wildman–Crippen MR) is 91.5 cm³/mol. The second kappa shape index (κ2) is 9.54. The molecule has 0 radical (unpaired) electrons. The first-order chi connectivity index (χ1) is 9.58. The van der Waals surface area contributed by atoms with Crippen LogP contribution in [0.2, 0.25) is 0 Å². The van der Waals surface area contributed by atoms with Crippen LogP contribution in [0.3, 0.4) is 0 Å². The van der Waals surface area contributed by atoms with Crippen molar-refractivity contribution < 1.29 is 0 Å². The Kier molecular flexibility index (Phi) is 8.43. The minimum absolute atomic E-state index is 0.470. The number of hydrogen-bond donors (Lipinski definition) is 1. The molecule has 0 saturated heterocycles. The van der Waals surface area contributed by atoms with Crippen molar-refractivity contribution in [3.63, 3.8) is 0 Å². The molecule has 116 valence electrons. The van der Waals surface area contributed by atoms with Crippen LogP contribution in [-0.2, 0) is 0 Å². The number of nitrogens with one attached hydrogen (secondary N) is 1. The van der Waals surface area contributed by atoms with Crippen LogP contribution in [0.15, 0.2) is 17.5 Å². The summed E-state index contributed by atoms with van der Waals surface area (Å²) in [7, 11) is 0. The molecule has 1 aromatic rings. The van der Waals surface area contributed by atoms with E-state index in [1.807, 2.05) is 11.3 Å². The Morgan fingerprint density at radius 3 is 2.40 bits per heavy atom. The fourth-order valence-electron chi connectivity index (χ4n) is 2.76. The first-order valence-corrected chi connectivity index (χ1v) is 8.97. The molecule has 0 saturated carbocycles. The third kappa shape index (κ3) is 5.94. The summed E-state index contributed by atoms with van der Waals surface area (Å²) in [5.74, 6) is 0.741. The van der Waals surface area contributed by atoms with Crippen LogP contribution in [0.4, 0.5) is 0 Å². The van der Waals surface area contributed by atoms with Gasteiger partial charge in [0, 0.05) is 36.6 Å². The highest BCUT2D eigenvalue weighted by atomic mass is 32.1. The van der Waals surface area contributed by atoms with E-state index < -0.39 is 0 Å². The van der Waals surface area contributed by atoms with E-state index in [4.69, 9.17) is 0 Å². The van der Waals surface area contributed by atoms with Crippen LogP contribution in [-0.4, -0.2) is 30.6 Å². The molecule has 1 N–H and O–H groups in total. The molecular formula is C17H32N2S. The van der Waals surface area contributed by atoms with Crippen molar-refractivity contribution in [1.29, 1.82) is 0 Å². The zero-order chi connectivity index (χ0) is 15.0. The number of nitrogens with zero attached hydrogens (tertiary/aromatic N) is 1.